The van der Waals surface area contributed by atoms with Gasteiger partial charge in [0.05, 0.1) is 16.9 Å². The molecule has 0 aliphatic heterocycles. The molecule has 6 heteroatoms. The molecule has 0 aliphatic rings. The van der Waals surface area contributed by atoms with Gasteiger partial charge in [0.25, 0.3) is 0 Å². The number of aromatic nitrogens is 5. The van der Waals surface area contributed by atoms with Crippen LogP contribution in [0.25, 0.3) is 28.0 Å². The standard InChI is InChI=1S/C28H28N6/c1-16-7-9-22(10-8-16)24-15-25(30-21(6)29-24)31-27-14-20(5)33-34(27)26-13-18(3)23-12-17(2)11-19(4)28(23)32-26/h7-15H,1-6H3,(H,29,30,31). The average molecular weight is 449 g/mol. The summed E-state index contributed by atoms with van der Waals surface area (Å²) in [6.07, 6.45) is 0. The summed E-state index contributed by atoms with van der Waals surface area (Å²) < 4.78 is 1.85. The number of nitrogens with one attached hydrogen (secondary N) is 1. The van der Waals surface area contributed by atoms with Crippen LogP contribution in [0.5, 0.6) is 0 Å². The van der Waals surface area contributed by atoms with E-state index in [2.05, 4.69) is 85.4 Å². The molecule has 0 atom stereocenters. The number of anilines is 2. The summed E-state index contributed by atoms with van der Waals surface area (Å²) in [5, 5.41) is 9.36. The Balaban J connectivity index is 1.57. The van der Waals surface area contributed by atoms with Crippen LogP contribution in [0.15, 0.2) is 54.6 Å². The highest BCUT2D eigenvalue weighted by Crippen LogP contribution is 2.28. The van der Waals surface area contributed by atoms with E-state index < -0.39 is 0 Å². The first-order valence-electron chi connectivity index (χ1n) is 11.4. The van der Waals surface area contributed by atoms with Gasteiger partial charge in [0.1, 0.15) is 17.5 Å². The molecule has 0 aliphatic carbocycles. The lowest BCUT2D eigenvalue weighted by molar-refractivity contribution is 0.841. The zero-order valence-electron chi connectivity index (χ0n) is 20.4. The fourth-order valence-electron chi connectivity index (χ4n) is 4.33. The lowest BCUT2D eigenvalue weighted by atomic mass is 10.0. The second kappa shape index (κ2) is 8.37. The number of fused-ring (bicyclic) bond motifs is 1. The fraction of sp³-hybridized carbons (Fsp3) is 0.214. The molecule has 1 N–H and O–H groups in total. The number of rotatable bonds is 4. The SMILES string of the molecule is Cc1ccc(-c2cc(Nc3cc(C)nn3-c3cc(C)c4cc(C)cc(C)c4n3)nc(C)n2)cc1. The van der Waals surface area contributed by atoms with Gasteiger partial charge in [-0.05, 0) is 64.8 Å². The van der Waals surface area contributed by atoms with Crippen molar-refractivity contribution in [2.45, 2.75) is 41.5 Å². The van der Waals surface area contributed by atoms with E-state index >= 15 is 0 Å². The third-order valence-electron chi connectivity index (χ3n) is 5.93. The first-order chi connectivity index (χ1) is 16.3. The summed E-state index contributed by atoms with van der Waals surface area (Å²) in [6.45, 7) is 12.3. The summed E-state index contributed by atoms with van der Waals surface area (Å²) in [4.78, 5) is 14.2. The molecule has 0 unspecified atom stereocenters. The fourth-order valence-corrected chi connectivity index (χ4v) is 4.33. The molecule has 6 nitrogen and oxygen atoms in total. The number of nitrogens with zero attached hydrogens (tertiary/aromatic N) is 5. The molecule has 2 aromatic carbocycles. The molecule has 0 spiro atoms. The Morgan fingerprint density at radius 1 is 0.706 bits per heavy atom. The predicted octanol–water partition coefficient (Wildman–Crippen LogP) is 6.47. The molecule has 0 fully saturated rings. The summed E-state index contributed by atoms with van der Waals surface area (Å²) in [5.41, 5.74) is 8.62. The maximum atomic E-state index is 4.98. The van der Waals surface area contributed by atoms with Crippen molar-refractivity contribution >= 4 is 22.5 Å². The van der Waals surface area contributed by atoms with Gasteiger partial charge in [-0.15, -0.1) is 0 Å². The van der Waals surface area contributed by atoms with Crippen molar-refractivity contribution in [3.05, 3.63) is 88.4 Å². The lowest BCUT2D eigenvalue weighted by Crippen LogP contribution is -2.07. The van der Waals surface area contributed by atoms with Gasteiger partial charge < -0.3 is 5.32 Å². The Bertz CT molecular complexity index is 1530. The number of pyridine rings is 1. The minimum absolute atomic E-state index is 0.703. The van der Waals surface area contributed by atoms with Gasteiger partial charge in [-0.25, -0.2) is 15.0 Å². The highest BCUT2D eigenvalue weighted by molar-refractivity contribution is 5.86. The summed E-state index contributed by atoms with van der Waals surface area (Å²) in [5.74, 6) is 3.00. The van der Waals surface area contributed by atoms with Crippen LogP contribution >= 0.6 is 0 Å². The Kier molecular flexibility index (Phi) is 5.36. The van der Waals surface area contributed by atoms with Crippen molar-refractivity contribution in [2.24, 2.45) is 0 Å². The molecular formula is C28H28N6. The Morgan fingerprint density at radius 2 is 1.47 bits per heavy atom. The maximum Gasteiger partial charge on any atom is 0.156 e. The van der Waals surface area contributed by atoms with E-state index in [4.69, 9.17) is 10.1 Å². The minimum atomic E-state index is 0.703. The van der Waals surface area contributed by atoms with Crippen LogP contribution in [0.4, 0.5) is 11.6 Å². The molecule has 34 heavy (non-hydrogen) atoms. The molecule has 0 saturated carbocycles. The van der Waals surface area contributed by atoms with E-state index in [1.807, 2.05) is 30.7 Å². The first-order valence-corrected chi connectivity index (χ1v) is 11.4. The normalized spacial score (nSPS) is 11.2. The van der Waals surface area contributed by atoms with Gasteiger partial charge in [0, 0.05) is 23.1 Å². The monoisotopic (exact) mass is 448 g/mol. The van der Waals surface area contributed by atoms with Crippen LogP contribution in [0.1, 0.15) is 33.8 Å². The number of aryl methyl sites for hydroxylation is 6. The number of benzene rings is 2. The van der Waals surface area contributed by atoms with Crippen molar-refractivity contribution in [2.75, 3.05) is 5.32 Å². The summed E-state index contributed by atoms with van der Waals surface area (Å²) in [6, 6.07) is 18.8. The van der Waals surface area contributed by atoms with Crippen molar-refractivity contribution in [3.63, 3.8) is 0 Å². The molecule has 3 aromatic heterocycles. The Morgan fingerprint density at radius 3 is 2.24 bits per heavy atom. The van der Waals surface area contributed by atoms with Gasteiger partial charge in [0.15, 0.2) is 5.82 Å². The van der Waals surface area contributed by atoms with Crippen molar-refractivity contribution in [1.29, 1.82) is 0 Å². The van der Waals surface area contributed by atoms with E-state index in [0.29, 0.717) is 11.6 Å². The molecule has 0 saturated heterocycles. The number of hydrogen-bond donors (Lipinski definition) is 1. The van der Waals surface area contributed by atoms with Gasteiger partial charge in [-0.3, -0.25) is 0 Å². The van der Waals surface area contributed by atoms with E-state index in [1.54, 1.807) is 0 Å². The molecule has 5 aromatic rings. The highest BCUT2D eigenvalue weighted by Gasteiger charge is 2.14. The average Bonchev–Trinajstić information content (AvgIpc) is 3.14. The first kappa shape index (κ1) is 21.8. The van der Waals surface area contributed by atoms with E-state index in [0.717, 1.165) is 39.7 Å². The van der Waals surface area contributed by atoms with Crippen LogP contribution < -0.4 is 5.32 Å². The third-order valence-corrected chi connectivity index (χ3v) is 5.93. The van der Waals surface area contributed by atoms with Crippen molar-refractivity contribution in [1.82, 2.24) is 24.7 Å². The predicted molar refractivity (Wildman–Crippen MR) is 138 cm³/mol. The molecule has 5 rings (SSSR count). The highest BCUT2D eigenvalue weighted by atomic mass is 15.4. The molecule has 170 valence electrons. The lowest BCUT2D eigenvalue weighted by Gasteiger charge is -2.13. The van der Waals surface area contributed by atoms with Crippen LogP contribution in [-0.4, -0.2) is 24.7 Å². The van der Waals surface area contributed by atoms with Gasteiger partial charge in [-0.2, -0.15) is 9.78 Å². The minimum Gasteiger partial charge on any atom is -0.325 e. The van der Waals surface area contributed by atoms with E-state index in [9.17, 15) is 0 Å². The Hall–Kier alpha value is -4.06. The van der Waals surface area contributed by atoms with Gasteiger partial charge in [0.2, 0.25) is 0 Å². The molecular weight excluding hydrogens is 420 g/mol. The number of hydrogen-bond acceptors (Lipinski definition) is 5. The quantitative estimate of drug-likeness (QED) is 0.341. The van der Waals surface area contributed by atoms with Crippen LogP contribution in [0, 0.1) is 41.5 Å². The van der Waals surface area contributed by atoms with Crippen LogP contribution in [-0.2, 0) is 0 Å². The van der Waals surface area contributed by atoms with Gasteiger partial charge in [-0.1, -0.05) is 41.5 Å². The smallest absolute Gasteiger partial charge is 0.156 e. The van der Waals surface area contributed by atoms with Crippen molar-refractivity contribution < 1.29 is 0 Å². The van der Waals surface area contributed by atoms with Crippen LogP contribution in [0.2, 0.25) is 0 Å². The molecule has 0 bridgehead atoms. The summed E-state index contributed by atoms with van der Waals surface area (Å²) >= 11 is 0. The van der Waals surface area contributed by atoms with Crippen molar-refractivity contribution in [3.8, 4) is 17.1 Å². The zero-order valence-corrected chi connectivity index (χ0v) is 20.4. The topological polar surface area (TPSA) is 68.5 Å². The third kappa shape index (κ3) is 4.15. The molecule has 3 heterocycles. The van der Waals surface area contributed by atoms with E-state index in [-0.39, 0.29) is 0 Å². The van der Waals surface area contributed by atoms with Gasteiger partial charge >= 0.3 is 0 Å². The second-order valence-corrected chi connectivity index (χ2v) is 9.03. The summed E-state index contributed by atoms with van der Waals surface area (Å²) in [7, 11) is 0. The van der Waals surface area contributed by atoms with E-state index in [1.165, 1.54) is 22.1 Å². The zero-order chi connectivity index (χ0) is 24.0. The molecule has 0 radical (unpaired) electrons. The largest absolute Gasteiger partial charge is 0.325 e. The maximum absolute atomic E-state index is 4.98. The second-order valence-electron chi connectivity index (χ2n) is 9.03. The Labute approximate surface area is 199 Å². The van der Waals surface area contributed by atoms with Crippen LogP contribution in [0.3, 0.4) is 0 Å². The molecule has 0 amide bonds.